The molecule has 0 saturated heterocycles. The van der Waals surface area contributed by atoms with Gasteiger partial charge in [-0.05, 0) is 30.2 Å². The summed E-state index contributed by atoms with van der Waals surface area (Å²) in [5.41, 5.74) is 7.37. The van der Waals surface area contributed by atoms with Crippen molar-refractivity contribution in [2.75, 3.05) is 25.5 Å². The fourth-order valence-electron chi connectivity index (χ4n) is 1.27. The minimum atomic E-state index is -0.259. The van der Waals surface area contributed by atoms with Gasteiger partial charge in [0.2, 0.25) is 0 Å². The monoisotopic (exact) mass is 208 g/mol. The van der Waals surface area contributed by atoms with Crippen molar-refractivity contribution >= 4 is 5.69 Å². The topological polar surface area (TPSA) is 29.3 Å². The van der Waals surface area contributed by atoms with E-state index < -0.39 is 0 Å². The number of nitrogens with two attached hydrogens (primary N) is 1. The Bertz CT molecular complexity index is 345. The van der Waals surface area contributed by atoms with Crippen LogP contribution < -0.4 is 10.6 Å². The molecule has 0 saturated carbocycles. The van der Waals surface area contributed by atoms with Gasteiger partial charge < -0.3 is 10.6 Å². The summed E-state index contributed by atoms with van der Waals surface area (Å²) in [6, 6.07) is 8.01. The zero-order valence-corrected chi connectivity index (χ0v) is 9.20. The van der Waals surface area contributed by atoms with E-state index in [0.29, 0.717) is 6.42 Å². The maximum atomic E-state index is 12.8. The van der Waals surface area contributed by atoms with Crippen LogP contribution >= 0.6 is 0 Å². The van der Waals surface area contributed by atoms with E-state index in [1.54, 1.807) is 0 Å². The number of benzene rings is 1. The van der Waals surface area contributed by atoms with Gasteiger partial charge in [0.25, 0.3) is 0 Å². The van der Waals surface area contributed by atoms with Crippen LogP contribution in [-0.4, -0.2) is 20.6 Å². The lowest BCUT2D eigenvalue weighted by atomic mass is 10.1. The second kappa shape index (κ2) is 5.51. The van der Waals surface area contributed by atoms with E-state index in [-0.39, 0.29) is 12.4 Å². The van der Waals surface area contributed by atoms with Crippen LogP contribution in [0.3, 0.4) is 0 Å². The SMILES string of the molecule is CN(C)c1cccc(C/C=C(/F)CN)c1. The number of nitrogens with zero attached hydrogens (tertiary/aromatic N) is 1. The third-order valence-electron chi connectivity index (χ3n) is 2.18. The molecule has 0 aromatic heterocycles. The van der Waals surface area contributed by atoms with Crippen molar-refractivity contribution < 1.29 is 4.39 Å². The van der Waals surface area contributed by atoms with Gasteiger partial charge in [0, 0.05) is 26.3 Å². The summed E-state index contributed by atoms with van der Waals surface area (Å²) in [7, 11) is 3.96. The predicted octanol–water partition coefficient (Wildman–Crippen LogP) is 2.11. The minimum Gasteiger partial charge on any atom is -0.378 e. The molecule has 0 aliphatic carbocycles. The standard InChI is InChI=1S/C12H17FN2/c1-15(2)12-5-3-4-10(8-12)6-7-11(13)9-14/h3-5,7-8H,6,9,14H2,1-2H3/b11-7+. The van der Waals surface area contributed by atoms with Gasteiger partial charge in [-0.3, -0.25) is 0 Å². The van der Waals surface area contributed by atoms with Gasteiger partial charge >= 0.3 is 0 Å². The molecule has 1 aromatic carbocycles. The van der Waals surface area contributed by atoms with Crippen molar-refractivity contribution in [3.63, 3.8) is 0 Å². The lowest BCUT2D eigenvalue weighted by Gasteiger charge is -2.12. The number of rotatable bonds is 4. The first-order chi connectivity index (χ1) is 7.13. The summed E-state index contributed by atoms with van der Waals surface area (Å²) < 4.78 is 12.8. The van der Waals surface area contributed by atoms with Crippen LogP contribution in [0.2, 0.25) is 0 Å². The molecular formula is C12H17FN2. The normalized spacial score (nSPS) is 11.6. The van der Waals surface area contributed by atoms with Crippen molar-refractivity contribution in [2.24, 2.45) is 5.73 Å². The van der Waals surface area contributed by atoms with Gasteiger partial charge in [-0.15, -0.1) is 0 Å². The Labute approximate surface area is 90.2 Å². The molecule has 0 fully saturated rings. The van der Waals surface area contributed by atoms with Crippen LogP contribution in [0, 0.1) is 0 Å². The first kappa shape index (κ1) is 11.7. The third kappa shape index (κ3) is 3.72. The highest BCUT2D eigenvalue weighted by Gasteiger charge is 1.97. The largest absolute Gasteiger partial charge is 0.378 e. The number of allylic oxidation sites excluding steroid dienone is 1. The number of halogens is 1. The van der Waals surface area contributed by atoms with E-state index in [1.807, 2.05) is 43.3 Å². The van der Waals surface area contributed by atoms with E-state index in [2.05, 4.69) is 0 Å². The first-order valence-corrected chi connectivity index (χ1v) is 4.94. The van der Waals surface area contributed by atoms with Crippen molar-refractivity contribution in [1.29, 1.82) is 0 Å². The molecule has 1 aromatic rings. The molecule has 0 bridgehead atoms. The summed E-state index contributed by atoms with van der Waals surface area (Å²) in [5, 5.41) is 0. The van der Waals surface area contributed by atoms with Crippen LogP contribution in [0.1, 0.15) is 5.56 Å². The lowest BCUT2D eigenvalue weighted by Crippen LogP contribution is -2.08. The molecule has 0 aliphatic heterocycles. The molecule has 0 spiro atoms. The van der Waals surface area contributed by atoms with E-state index in [0.717, 1.165) is 11.3 Å². The third-order valence-corrected chi connectivity index (χ3v) is 2.18. The maximum Gasteiger partial charge on any atom is 0.110 e. The summed E-state index contributed by atoms with van der Waals surface area (Å²) in [5.74, 6) is -0.259. The van der Waals surface area contributed by atoms with Crippen molar-refractivity contribution in [1.82, 2.24) is 0 Å². The van der Waals surface area contributed by atoms with Crippen LogP contribution in [0.4, 0.5) is 10.1 Å². The van der Waals surface area contributed by atoms with Gasteiger partial charge in [0.15, 0.2) is 0 Å². The van der Waals surface area contributed by atoms with E-state index >= 15 is 0 Å². The average Bonchev–Trinajstić information content (AvgIpc) is 2.26. The summed E-state index contributed by atoms with van der Waals surface area (Å²) in [6.45, 7) is -0.0205. The quantitative estimate of drug-likeness (QED) is 0.821. The average molecular weight is 208 g/mol. The number of hydrogen-bond acceptors (Lipinski definition) is 2. The Kier molecular flexibility index (Phi) is 4.31. The molecule has 3 heteroatoms. The molecule has 82 valence electrons. The fourth-order valence-corrected chi connectivity index (χ4v) is 1.27. The molecule has 1 rings (SSSR count). The number of hydrogen-bond donors (Lipinski definition) is 1. The van der Waals surface area contributed by atoms with Crippen molar-refractivity contribution in [3.05, 3.63) is 41.7 Å². The highest BCUT2D eigenvalue weighted by Crippen LogP contribution is 2.14. The summed E-state index contributed by atoms with van der Waals surface area (Å²) in [4.78, 5) is 2.02. The first-order valence-electron chi connectivity index (χ1n) is 4.94. The van der Waals surface area contributed by atoms with Crippen LogP contribution in [0.5, 0.6) is 0 Å². The van der Waals surface area contributed by atoms with Gasteiger partial charge in [-0.25, -0.2) is 4.39 Å². The Morgan fingerprint density at radius 2 is 2.20 bits per heavy atom. The highest BCUT2D eigenvalue weighted by atomic mass is 19.1. The van der Waals surface area contributed by atoms with E-state index in [1.165, 1.54) is 6.08 Å². The maximum absolute atomic E-state index is 12.8. The van der Waals surface area contributed by atoms with Gasteiger partial charge in [-0.1, -0.05) is 12.1 Å². The summed E-state index contributed by atoms with van der Waals surface area (Å²) >= 11 is 0. The second-order valence-corrected chi connectivity index (χ2v) is 3.62. The molecule has 0 atom stereocenters. The predicted molar refractivity (Wildman–Crippen MR) is 62.7 cm³/mol. The second-order valence-electron chi connectivity index (χ2n) is 3.62. The van der Waals surface area contributed by atoms with Crippen molar-refractivity contribution in [2.45, 2.75) is 6.42 Å². The minimum absolute atomic E-state index is 0.0205. The van der Waals surface area contributed by atoms with Gasteiger partial charge in [0.1, 0.15) is 5.83 Å². The van der Waals surface area contributed by atoms with Gasteiger partial charge in [-0.2, -0.15) is 0 Å². The molecule has 0 radical (unpaired) electrons. The molecule has 0 aliphatic rings. The Balaban J connectivity index is 2.74. The molecule has 15 heavy (non-hydrogen) atoms. The van der Waals surface area contributed by atoms with Gasteiger partial charge in [0.05, 0.1) is 0 Å². The Morgan fingerprint density at radius 1 is 1.47 bits per heavy atom. The smallest absolute Gasteiger partial charge is 0.110 e. The zero-order valence-electron chi connectivity index (χ0n) is 9.20. The molecule has 0 heterocycles. The molecular weight excluding hydrogens is 191 g/mol. The zero-order chi connectivity index (χ0) is 11.3. The number of anilines is 1. The lowest BCUT2D eigenvalue weighted by molar-refractivity contribution is 0.614. The molecule has 2 N–H and O–H groups in total. The van der Waals surface area contributed by atoms with Crippen molar-refractivity contribution in [3.8, 4) is 0 Å². The van der Waals surface area contributed by atoms with E-state index in [9.17, 15) is 4.39 Å². The highest BCUT2D eigenvalue weighted by molar-refractivity contribution is 5.47. The van der Waals surface area contributed by atoms with Crippen LogP contribution in [0.15, 0.2) is 36.2 Å². The fraction of sp³-hybridized carbons (Fsp3) is 0.333. The van der Waals surface area contributed by atoms with Crippen LogP contribution in [0.25, 0.3) is 0 Å². The summed E-state index contributed by atoms with van der Waals surface area (Å²) in [6.07, 6.45) is 2.11. The Morgan fingerprint density at radius 3 is 2.80 bits per heavy atom. The molecule has 0 amide bonds. The van der Waals surface area contributed by atoms with E-state index in [4.69, 9.17) is 5.73 Å². The Hall–Kier alpha value is -1.35. The molecule has 2 nitrogen and oxygen atoms in total. The van der Waals surface area contributed by atoms with Crippen LogP contribution in [-0.2, 0) is 6.42 Å². The molecule has 0 unspecified atom stereocenters.